The Morgan fingerprint density at radius 3 is 2.25 bits per heavy atom. The number of rotatable bonds is 4. The number of nitrogen functional groups attached to an aromatic ring is 1. The van der Waals surface area contributed by atoms with Crippen LogP contribution in [0.4, 0.5) is 20.5 Å². The van der Waals surface area contributed by atoms with Crippen LogP contribution in [0, 0.1) is 0 Å². The van der Waals surface area contributed by atoms with Crippen molar-refractivity contribution in [2.75, 3.05) is 23.7 Å². The van der Waals surface area contributed by atoms with Crippen LogP contribution >= 0.6 is 0 Å². The second kappa shape index (κ2) is 7.50. The fourth-order valence-electron chi connectivity index (χ4n) is 3.41. The molecule has 3 aromatic rings. The van der Waals surface area contributed by atoms with Crippen LogP contribution in [0.25, 0.3) is 11.3 Å². The number of pyridine rings is 1. The van der Waals surface area contributed by atoms with E-state index in [1.165, 1.54) is 36.7 Å². The number of aromatic nitrogens is 3. The van der Waals surface area contributed by atoms with Crippen LogP contribution in [0.3, 0.4) is 0 Å². The second-order valence-corrected chi connectivity index (χ2v) is 6.92. The molecule has 0 amide bonds. The number of nitrogens with two attached hydrogens (primary N) is 1. The topological polar surface area (TPSA) is 67.9 Å². The Bertz CT molecular complexity index is 939. The van der Waals surface area contributed by atoms with Crippen molar-refractivity contribution in [1.82, 2.24) is 15.0 Å². The van der Waals surface area contributed by atoms with Crippen molar-refractivity contribution in [1.29, 1.82) is 0 Å². The summed E-state index contributed by atoms with van der Waals surface area (Å²) in [7, 11) is 0. The maximum absolute atomic E-state index is 15.3. The highest BCUT2D eigenvalue weighted by atomic mass is 19.3. The van der Waals surface area contributed by atoms with Crippen molar-refractivity contribution in [3.63, 3.8) is 0 Å². The third-order valence-corrected chi connectivity index (χ3v) is 4.96. The molecule has 0 spiro atoms. The Morgan fingerprint density at radius 1 is 0.893 bits per heavy atom. The molecule has 3 heterocycles. The molecule has 0 saturated carbocycles. The van der Waals surface area contributed by atoms with E-state index in [1.54, 1.807) is 18.2 Å². The number of alkyl halides is 2. The number of benzene rings is 1. The average molecular weight is 381 g/mol. The number of hydrogen-bond acceptors (Lipinski definition) is 5. The molecule has 144 valence electrons. The SMILES string of the molecule is Nc1ncc(-c2cc(C(F)(F)c3ccccc3)cc(N3CCCCC3)n2)cn1. The molecule has 4 rings (SSSR count). The van der Waals surface area contributed by atoms with Crippen LogP contribution in [0.2, 0.25) is 0 Å². The summed E-state index contributed by atoms with van der Waals surface area (Å²) in [4.78, 5) is 14.6. The molecular formula is C21H21F2N5. The molecule has 7 heteroatoms. The van der Waals surface area contributed by atoms with Gasteiger partial charge in [0, 0.05) is 42.2 Å². The Kier molecular flexibility index (Phi) is 4.90. The molecule has 0 radical (unpaired) electrons. The van der Waals surface area contributed by atoms with E-state index in [2.05, 4.69) is 19.9 Å². The van der Waals surface area contributed by atoms with Crippen LogP contribution in [0.1, 0.15) is 30.4 Å². The van der Waals surface area contributed by atoms with Crippen molar-refractivity contribution in [2.45, 2.75) is 25.2 Å². The normalized spacial score (nSPS) is 14.9. The summed E-state index contributed by atoms with van der Waals surface area (Å²) < 4.78 is 30.6. The van der Waals surface area contributed by atoms with E-state index in [9.17, 15) is 0 Å². The standard InChI is InChI=1S/C21H21F2N5/c22-21(23,16-7-3-1-4-8-16)17-11-18(15-13-25-20(24)26-14-15)27-19(12-17)28-9-5-2-6-10-28/h1,3-4,7-8,11-14H,2,5-6,9-10H2,(H2,24,25,26). The van der Waals surface area contributed by atoms with E-state index < -0.39 is 5.92 Å². The van der Waals surface area contributed by atoms with Crippen molar-refractivity contribution < 1.29 is 8.78 Å². The molecule has 1 aliphatic rings. The molecule has 0 atom stereocenters. The largest absolute Gasteiger partial charge is 0.368 e. The zero-order valence-corrected chi connectivity index (χ0v) is 15.4. The van der Waals surface area contributed by atoms with Crippen molar-refractivity contribution >= 4 is 11.8 Å². The molecule has 2 N–H and O–H groups in total. The van der Waals surface area contributed by atoms with Gasteiger partial charge in [-0.1, -0.05) is 30.3 Å². The van der Waals surface area contributed by atoms with Gasteiger partial charge in [-0.2, -0.15) is 8.78 Å². The Hall–Kier alpha value is -3.09. The van der Waals surface area contributed by atoms with E-state index in [0.29, 0.717) is 17.1 Å². The van der Waals surface area contributed by atoms with Gasteiger partial charge in [0.05, 0.1) is 5.69 Å². The van der Waals surface area contributed by atoms with Crippen LogP contribution in [0.5, 0.6) is 0 Å². The van der Waals surface area contributed by atoms with Gasteiger partial charge in [-0.15, -0.1) is 0 Å². The Morgan fingerprint density at radius 2 is 1.57 bits per heavy atom. The van der Waals surface area contributed by atoms with Gasteiger partial charge in [-0.05, 0) is 31.4 Å². The second-order valence-electron chi connectivity index (χ2n) is 6.92. The molecule has 0 unspecified atom stereocenters. The number of anilines is 2. The summed E-state index contributed by atoms with van der Waals surface area (Å²) in [6, 6.07) is 10.7. The fourth-order valence-corrected chi connectivity index (χ4v) is 3.41. The monoisotopic (exact) mass is 381 g/mol. The van der Waals surface area contributed by atoms with Gasteiger partial charge < -0.3 is 10.6 Å². The minimum Gasteiger partial charge on any atom is -0.368 e. The average Bonchev–Trinajstić information content (AvgIpc) is 2.75. The van der Waals surface area contributed by atoms with Crippen LogP contribution < -0.4 is 10.6 Å². The van der Waals surface area contributed by atoms with Crippen LogP contribution in [-0.4, -0.2) is 28.0 Å². The molecular weight excluding hydrogens is 360 g/mol. The molecule has 1 aromatic carbocycles. The minimum absolute atomic E-state index is 0.0506. The lowest BCUT2D eigenvalue weighted by molar-refractivity contribution is 0.0428. The summed E-state index contributed by atoms with van der Waals surface area (Å²) in [5, 5.41) is 0. The third-order valence-electron chi connectivity index (χ3n) is 4.96. The number of piperidine rings is 1. The van der Waals surface area contributed by atoms with Gasteiger partial charge in [0.15, 0.2) is 0 Å². The first-order valence-electron chi connectivity index (χ1n) is 9.33. The predicted molar refractivity (Wildman–Crippen MR) is 105 cm³/mol. The first-order chi connectivity index (χ1) is 13.5. The van der Waals surface area contributed by atoms with E-state index in [1.807, 2.05) is 0 Å². The number of hydrogen-bond donors (Lipinski definition) is 1. The van der Waals surface area contributed by atoms with Gasteiger partial charge in [-0.3, -0.25) is 0 Å². The van der Waals surface area contributed by atoms with Crippen LogP contribution in [0.15, 0.2) is 54.9 Å². The summed E-state index contributed by atoms with van der Waals surface area (Å²) in [5.74, 6) is -2.46. The Balaban J connectivity index is 1.83. The van der Waals surface area contributed by atoms with E-state index in [4.69, 9.17) is 5.73 Å². The molecule has 2 aromatic heterocycles. The van der Waals surface area contributed by atoms with Gasteiger partial charge in [0.2, 0.25) is 5.95 Å². The first kappa shape index (κ1) is 18.3. The molecule has 1 aliphatic heterocycles. The third kappa shape index (κ3) is 3.65. The number of nitrogens with zero attached hydrogens (tertiary/aromatic N) is 4. The quantitative estimate of drug-likeness (QED) is 0.732. The highest BCUT2D eigenvalue weighted by Gasteiger charge is 2.35. The highest BCUT2D eigenvalue weighted by molar-refractivity contribution is 5.63. The smallest absolute Gasteiger partial charge is 0.298 e. The summed E-state index contributed by atoms with van der Waals surface area (Å²) in [5.41, 5.74) is 6.37. The summed E-state index contributed by atoms with van der Waals surface area (Å²) >= 11 is 0. The highest BCUT2D eigenvalue weighted by Crippen LogP contribution is 2.38. The maximum Gasteiger partial charge on any atom is 0.298 e. The van der Waals surface area contributed by atoms with E-state index in [-0.39, 0.29) is 17.1 Å². The van der Waals surface area contributed by atoms with E-state index >= 15 is 8.78 Å². The lowest BCUT2D eigenvalue weighted by Crippen LogP contribution is -2.30. The van der Waals surface area contributed by atoms with Gasteiger partial charge >= 0.3 is 0 Å². The molecule has 5 nitrogen and oxygen atoms in total. The van der Waals surface area contributed by atoms with Gasteiger partial charge in [0.1, 0.15) is 5.82 Å². The van der Waals surface area contributed by atoms with Crippen molar-refractivity contribution in [2.24, 2.45) is 0 Å². The molecule has 1 fully saturated rings. The maximum atomic E-state index is 15.3. The molecule has 1 saturated heterocycles. The molecule has 0 bridgehead atoms. The minimum atomic E-state index is -3.14. The van der Waals surface area contributed by atoms with Gasteiger partial charge in [-0.25, -0.2) is 15.0 Å². The molecule has 0 aliphatic carbocycles. The Labute approximate surface area is 162 Å². The van der Waals surface area contributed by atoms with Crippen LogP contribution in [-0.2, 0) is 5.92 Å². The molecule has 28 heavy (non-hydrogen) atoms. The van der Waals surface area contributed by atoms with Crippen molar-refractivity contribution in [3.8, 4) is 11.3 Å². The number of halogens is 2. The summed E-state index contributed by atoms with van der Waals surface area (Å²) in [6.07, 6.45) is 6.22. The summed E-state index contributed by atoms with van der Waals surface area (Å²) in [6.45, 7) is 1.62. The van der Waals surface area contributed by atoms with Gasteiger partial charge in [0.25, 0.3) is 5.92 Å². The lowest BCUT2D eigenvalue weighted by atomic mass is 9.99. The fraction of sp³-hybridized carbons (Fsp3) is 0.286. The first-order valence-corrected chi connectivity index (χ1v) is 9.33. The predicted octanol–water partition coefficient (Wildman–Crippen LogP) is 4.25. The zero-order valence-electron chi connectivity index (χ0n) is 15.4. The van der Waals surface area contributed by atoms with E-state index in [0.717, 1.165) is 32.4 Å². The van der Waals surface area contributed by atoms with Crippen molar-refractivity contribution in [3.05, 3.63) is 66.0 Å². The zero-order chi connectivity index (χ0) is 19.6. The lowest BCUT2D eigenvalue weighted by Gasteiger charge is -2.29.